The van der Waals surface area contributed by atoms with Crippen LogP contribution in [-0.2, 0) is 11.3 Å². The van der Waals surface area contributed by atoms with Crippen LogP contribution in [0.15, 0.2) is 24.0 Å². The predicted molar refractivity (Wildman–Crippen MR) is 49.8 cm³/mol. The maximum Gasteiger partial charge on any atom is 0.145 e. The van der Waals surface area contributed by atoms with Crippen LogP contribution in [0.4, 0.5) is 0 Å². The third-order valence-corrected chi connectivity index (χ3v) is 1.72. The van der Waals surface area contributed by atoms with Gasteiger partial charge in [0.1, 0.15) is 6.29 Å². The van der Waals surface area contributed by atoms with Gasteiger partial charge in [0.15, 0.2) is 0 Å². The highest BCUT2D eigenvalue weighted by atomic mass is 16.1. The van der Waals surface area contributed by atoms with Crippen molar-refractivity contribution in [3.05, 3.63) is 29.6 Å². The molecule has 0 bridgehead atoms. The molecule has 0 aliphatic heterocycles. The number of hydrogen-bond acceptors (Lipinski definition) is 1. The van der Waals surface area contributed by atoms with Crippen LogP contribution in [0.5, 0.6) is 0 Å². The Labute approximate surface area is 72.5 Å². The molecule has 0 N–H and O–H groups in total. The minimum absolute atomic E-state index is 0.754. The van der Waals surface area contributed by atoms with Gasteiger partial charge in [0.25, 0.3) is 0 Å². The van der Waals surface area contributed by atoms with Crippen LogP contribution in [-0.4, -0.2) is 10.9 Å². The Balaban J connectivity index is 2.82. The standard InChI is InChI=1S/C10H13NO/c1-3-11-5-4-10(7-11)6-9(2)8-12/h4-8H,3H2,1-2H3. The zero-order valence-corrected chi connectivity index (χ0v) is 7.45. The van der Waals surface area contributed by atoms with Gasteiger partial charge in [-0.25, -0.2) is 0 Å². The summed E-state index contributed by atoms with van der Waals surface area (Å²) in [6, 6.07) is 2.00. The molecule has 0 fully saturated rings. The largest absolute Gasteiger partial charge is 0.354 e. The Morgan fingerprint density at radius 1 is 1.67 bits per heavy atom. The molecule has 0 saturated heterocycles. The van der Waals surface area contributed by atoms with Gasteiger partial charge in [-0.1, -0.05) is 0 Å². The molecule has 0 unspecified atom stereocenters. The Morgan fingerprint density at radius 2 is 2.42 bits per heavy atom. The van der Waals surface area contributed by atoms with Gasteiger partial charge in [0, 0.05) is 18.9 Å². The lowest BCUT2D eigenvalue weighted by molar-refractivity contribution is -0.104. The van der Waals surface area contributed by atoms with Crippen molar-refractivity contribution in [3.8, 4) is 0 Å². The first kappa shape index (κ1) is 8.78. The molecular formula is C10H13NO. The molecular weight excluding hydrogens is 150 g/mol. The van der Waals surface area contributed by atoms with E-state index in [0.717, 1.165) is 24.0 Å². The van der Waals surface area contributed by atoms with E-state index in [9.17, 15) is 4.79 Å². The van der Waals surface area contributed by atoms with Gasteiger partial charge in [-0.2, -0.15) is 0 Å². The van der Waals surface area contributed by atoms with Gasteiger partial charge in [-0.05, 0) is 37.1 Å². The normalized spacial score (nSPS) is 11.7. The van der Waals surface area contributed by atoms with E-state index in [1.807, 2.05) is 24.5 Å². The quantitative estimate of drug-likeness (QED) is 0.494. The Kier molecular flexibility index (Phi) is 2.86. The van der Waals surface area contributed by atoms with Gasteiger partial charge >= 0.3 is 0 Å². The molecule has 0 atom stereocenters. The Hall–Kier alpha value is -1.31. The summed E-state index contributed by atoms with van der Waals surface area (Å²) in [7, 11) is 0. The lowest BCUT2D eigenvalue weighted by Gasteiger charge is -1.92. The fourth-order valence-corrected chi connectivity index (χ4v) is 1.04. The summed E-state index contributed by atoms with van der Waals surface area (Å²) < 4.78 is 2.07. The number of carbonyl (C=O) groups is 1. The number of allylic oxidation sites excluding steroid dienone is 1. The maximum atomic E-state index is 10.3. The number of aromatic nitrogens is 1. The molecule has 0 spiro atoms. The second kappa shape index (κ2) is 3.90. The average molecular weight is 163 g/mol. The summed E-state index contributed by atoms with van der Waals surface area (Å²) in [4.78, 5) is 10.3. The lowest BCUT2D eigenvalue weighted by atomic mass is 10.2. The zero-order valence-electron chi connectivity index (χ0n) is 7.45. The number of carbonyl (C=O) groups excluding carboxylic acids is 1. The lowest BCUT2D eigenvalue weighted by Crippen LogP contribution is -1.86. The van der Waals surface area contributed by atoms with Gasteiger partial charge in [0.2, 0.25) is 0 Å². The van der Waals surface area contributed by atoms with E-state index in [2.05, 4.69) is 11.5 Å². The molecule has 64 valence electrons. The van der Waals surface area contributed by atoms with E-state index in [4.69, 9.17) is 0 Å². The van der Waals surface area contributed by atoms with E-state index in [1.165, 1.54) is 0 Å². The number of hydrogen-bond donors (Lipinski definition) is 0. The second-order valence-corrected chi connectivity index (χ2v) is 2.78. The number of nitrogens with zero attached hydrogens (tertiary/aromatic N) is 1. The third kappa shape index (κ3) is 2.09. The minimum atomic E-state index is 0.754. The van der Waals surface area contributed by atoms with Gasteiger partial charge in [0.05, 0.1) is 0 Å². The third-order valence-electron chi connectivity index (χ3n) is 1.72. The Bertz CT molecular complexity index is 297. The summed E-state index contributed by atoms with van der Waals surface area (Å²) >= 11 is 0. The SMILES string of the molecule is CCn1ccc(C=C(C)C=O)c1. The predicted octanol–water partition coefficient (Wildman–Crippen LogP) is 2.11. The molecule has 12 heavy (non-hydrogen) atoms. The van der Waals surface area contributed by atoms with Crippen molar-refractivity contribution in [1.29, 1.82) is 0 Å². The maximum absolute atomic E-state index is 10.3. The first-order chi connectivity index (χ1) is 5.76. The Morgan fingerprint density at radius 3 is 2.92 bits per heavy atom. The zero-order chi connectivity index (χ0) is 8.97. The number of aldehydes is 1. The fourth-order valence-electron chi connectivity index (χ4n) is 1.04. The van der Waals surface area contributed by atoms with Crippen LogP contribution in [0.1, 0.15) is 19.4 Å². The van der Waals surface area contributed by atoms with Crippen LogP contribution in [0.3, 0.4) is 0 Å². The molecule has 0 aliphatic carbocycles. The van der Waals surface area contributed by atoms with Gasteiger partial charge < -0.3 is 4.57 Å². The van der Waals surface area contributed by atoms with Crippen molar-refractivity contribution in [2.24, 2.45) is 0 Å². The summed E-state index contributed by atoms with van der Waals surface area (Å²) in [5.74, 6) is 0. The van der Waals surface area contributed by atoms with Crippen molar-refractivity contribution in [1.82, 2.24) is 4.57 Å². The molecule has 0 saturated carbocycles. The molecule has 2 nitrogen and oxygen atoms in total. The van der Waals surface area contributed by atoms with Crippen molar-refractivity contribution in [3.63, 3.8) is 0 Å². The summed E-state index contributed by atoms with van der Waals surface area (Å²) in [5, 5.41) is 0. The minimum Gasteiger partial charge on any atom is -0.354 e. The van der Waals surface area contributed by atoms with Crippen molar-refractivity contribution >= 4 is 12.4 Å². The van der Waals surface area contributed by atoms with Crippen molar-refractivity contribution < 1.29 is 4.79 Å². The van der Waals surface area contributed by atoms with E-state index in [0.29, 0.717) is 0 Å². The molecule has 1 rings (SSSR count). The molecule has 1 heterocycles. The van der Waals surface area contributed by atoms with Crippen molar-refractivity contribution in [2.75, 3.05) is 0 Å². The molecule has 0 radical (unpaired) electrons. The van der Waals surface area contributed by atoms with Crippen LogP contribution in [0.2, 0.25) is 0 Å². The van der Waals surface area contributed by atoms with Crippen LogP contribution in [0.25, 0.3) is 6.08 Å². The molecule has 2 heteroatoms. The fraction of sp³-hybridized carbons (Fsp3) is 0.300. The molecule has 0 amide bonds. The highest BCUT2D eigenvalue weighted by molar-refractivity contribution is 5.80. The molecule has 0 aliphatic rings. The monoisotopic (exact) mass is 163 g/mol. The highest BCUT2D eigenvalue weighted by Gasteiger charge is 1.92. The van der Waals surface area contributed by atoms with Crippen molar-refractivity contribution in [2.45, 2.75) is 20.4 Å². The van der Waals surface area contributed by atoms with E-state index in [1.54, 1.807) is 6.92 Å². The first-order valence-electron chi connectivity index (χ1n) is 4.05. The smallest absolute Gasteiger partial charge is 0.145 e. The first-order valence-corrected chi connectivity index (χ1v) is 4.05. The molecule has 1 aromatic rings. The molecule has 0 aromatic carbocycles. The van der Waals surface area contributed by atoms with E-state index < -0.39 is 0 Å². The van der Waals surface area contributed by atoms with Crippen LogP contribution in [0, 0.1) is 0 Å². The van der Waals surface area contributed by atoms with Gasteiger partial charge in [-0.15, -0.1) is 0 Å². The summed E-state index contributed by atoms with van der Waals surface area (Å²) in [6.45, 7) is 4.85. The van der Waals surface area contributed by atoms with E-state index >= 15 is 0 Å². The van der Waals surface area contributed by atoms with Crippen LogP contribution >= 0.6 is 0 Å². The molecule has 1 aromatic heterocycles. The topological polar surface area (TPSA) is 22.0 Å². The van der Waals surface area contributed by atoms with Crippen LogP contribution < -0.4 is 0 Å². The number of aryl methyl sites for hydroxylation is 1. The average Bonchev–Trinajstić information content (AvgIpc) is 2.52. The highest BCUT2D eigenvalue weighted by Crippen LogP contribution is 2.05. The van der Waals surface area contributed by atoms with Gasteiger partial charge in [-0.3, -0.25) is 4.79 Å². The number of rotatable bonds is 3. The second-order valence-electron chi connectivity index (χ2n) is 2.78. The van der Waals surface area contributed by atoms with E-state index in [-0.39, 0.29) is 0 Å². The summed E-state index contributed by atoms with van der Waals surface area (Å²) in [5.41, 5.74) is 1.84. The summed E-state index contributed by atoms with van der Waals surface area (Å²) in [6.07, 6.45) is 6.76.